The van der Waals surface area contributed by atoms with E-state index in [1.165, 1.54) is 7.11 Å². The van der Waals surface area contributed by atoms with Crippen molar-refractivity contribution in [1.29, 1.82) is 0 Å². The predicted octanol–water partition coefficient (Wildman–Crippen LogP) is 1.41. The topological polar surface area (TPSA) is 72.5 Å². The van der Waals surface area contributed by atoms with Crippen molar-refractivity contribution in [2.45, 2.75) is 12.2 Å². The van der Waals surface area contributed by atoms with Crippen LogP contribution in [0.25, 0.3) is 0 Å². The molecule has 0 aromatic heterocycles. The van der Waals surface area contributed by atoms with Crippen molar-refractivity contribution in [3.8, 4) is 0 Å². The smallest absolute Gasteiger partial charge is 0.221 e. The summed E-state index contributed by atoms with van der Waals surface area (Å²) in [7, 11) is -1.83. The second kappa shape index (κ2) is 8.24. The number of rotatable bonds is 8. The first kappa shape index (κ1) is 16.9. The Morgan fingerprint density at radius 1 is 1.35 bits per heavy atom. The number of hydrogen-bond acceptors (Lipinski definition) is 4. The van der Waals surface area contributed by atoms with Gasteiger partial charge in [-0.2, -0.15) is 0 Å². The first-order chi connectivity index (χ1) is 9.44. The lowest BCUT2D eigenvalue weighted by atomic mass is 10.2. The van der Waals surface area contributed by atoms with Crippen LogP contribution < -0.4 is 5.32 Å². The standard InChI is InChI=1S/C13H18ClNO4S/c1-19-8-7-15-13(16)6-9-20(17,18)10-11-4-2-3-5-12(11)14/h2-5H,6-10H2,1H3,(H,15,16). The van der Waals surface area contributed by atoms with Crippen molar-refractivity contribution >= 4 is 27.3 Å². The highest BCUT2D eigenvalue weighted by Crippen LogP contribution is 2.18. The third-order valence-electron chi connectivity index (χ3n) is 2.60. The molecule has 5 nitrogen and oxygen atoms in total. The summed E-state index contributed by atoms with van der Waals surface area (Å²) in [5, 5.41) is 2.99. The van der Waals surface area contributed by atoms with Gasteiger partial charge in [0, 0.05) is 25.1 Å². The zero-order valence-corrected chi connectivity index (χ0v) is 12.8. The highest BCUT2D eigenvalue weighted by molar-refractivity contribution is 7.90. The highest BCUT2D eigenvalue weighted by Gasteiger charge is 2.15. The molecule has 112 valence electrons. The molecule has 20 heavy (non-hydrogen) atoms. The first-order valence-corrected chi connectivity index (χ1v) is 8.34. The molecule has 0 heterocycles. The zero-order valence-electron chi connectivity index (χ0n) is 11.3. The molecule has 1 aromatic carbocycles. The maximum atomic E-state index is 11.9. The molecule has 0 bridgehead atoms. The average Bonchev–Trinajstić information content (AvgIpc) is 2.39. The number of amides is 1. The number of sulfone groups is 1. The summed E-state index contributed by atoms with van der Waals surface area (Å²) in [4.78, 5) is 11.4. The Bertz CT molecular complexity index is 545. The fraction of sp³-hybridized carbons (Fsp3) is 0.462. The second-order valence-electron chi connectivity index (χ2n) is 4.28. The van der Waals surface area contributed by atoms with E-state index in [9.17, 15) is 13.2 Å². The van der Waals surface area contributed by atoms with Crippen LogP contribution in [0.5, 0.6) is 0 Å². The molecule has 0 aliphatic carbocycles. The fourth-order valence-electron chi connectivity index (χ4n) is 1.55. The van der Waals surface area contributed by atoms with Crippen LogP contribution in [0.15, 0.2) is 24.3 Å². The van der Waals surface area contributed by atoms with Gasteiger partial charge in [0.25, 0.3) is 0 Å². The van der Waals surface area contributed by atoms with E-state index in [0.717, 1.165) is 0 Å². The van der Waals surface area contributed by atoms with Gasteiger partial charge in [0.1, 0.15) is 0 Å². The Kier molecular flexibility index (Phi) is 6.98. The van der Waals surface area contributed by atoms with E-state index in [1.807, 2.05) is 0 Å². The van der Waals surface area contributed by atoms with E-state index in [1.54, 1.807) is 24.3 Å². The van der Waals surface area contributed by atoms with Gasteiger partial charge in [0.15, 0.2) is 9.84 Å². The molecular formula is C13H18ClNO4S. The number of carbonyl (C=O) groups is 1. The van der Waals surface area contributed by atoms with E-state index >= 15 is 0 Å². The minimum absolute atomic E-state index is 0.0590. The number of hydrogen-bond donors (Lipinski definition) is 1. The largest absolute Gasteiger partial charge is 0.383 e. The summed E-state index contributed by atoms with van der Waals surface area (Å²) >= 11 is 5.92. The monoisotopic (exact) mass is 319 g/mol. The third kappa shape index (κ3) is 6.36. The van der Waals surface area contributed by atoms with Crippen LogP contribution in [-0.2, 0) is 25.1 Å². The van der Waals surface area contributed by atoms with Crippen LogP contribution in [0.1, 0.15) is 12.0 Å². The molecular weight excluding hydrogens is 302 g/mol. The van der Waals surface area contributed by atoms with Gasteiger partial charge in [-0.15, -0.1) is 0 Å². The predicted molar refractivity (Wildman–Crippen MR) is 78.4 cm³/mol. The van der Waals surface area contributed by atoms with Crippen LogP contribution in [0.4, 0.5) is 0 Å². The summed E-state index contributed by atoms with van der Waals surface area (Å²) in [6.07, 6.45) is -0.0590. The molecule has 0 fully saturated rings. The van der Waals surface area contributed by atoms with Gasteiger partial charge >= 0.3 is 0 Å². The van der Waals surface area contributed by atoms with E-state index < -0.39 is 9.84 Å². The van der Waals surface area contributed by atoms with Crippen LogP contribution in [0.2, 0.25) is 5.02 Å². The number of carbonyl (C=O) groups excluding carboxylic acids is 1. The van der Waals surface area contributed by atoms with Gasteiger partial charge in [-0.3, -0.25) is 4.79 Å². The van der Waals surface area contributed by atoms with Crippen LogP contribution in [-0.4, -0.2) is 40.3 Å². The maximum absolute atomic E-state index is 11.9. The third-order valence-corrected chi connectivity index (χ3v) is 4.55. The summed E-state index contributed by atoms with van der Waals surface area (Å²) < 4.78 is 28.6. The molecule has 1 rings (SSSR count). The van der Waals surface area contributed by atoms with Crippen molar-refractivity contribution < 1.29 is 17.9 Å². The van der Waals surface area contributed by atoms with Crippen LogP contribution >= 0.6 is 11.6 Å². The van der Waals surface area contributed by atoms with Crippen LogP contribution in [0, 0.1) is 0 Å². The van der Waals surface area contributed by atoms with E-state index in [-0.39, 0.29) is 23.8 Å². The summed E-state index contributed by atoms with van der Waals surface area (Å²) in [6.45, 7) is 0.776. The van der Waals surface area contributed by atoms with Crippen molar-refractivity contribution in [2.24, 2.45) is 0 Å². The molecule has 0 saturated carbocycles. The summed E-state index contributed by atoms with van der Waals surface area (Å²) in [5.41, 5.74) is 0.550. The van der Waals surface area contributed by atoms with Gasteiger partial charge in [0.2, 0.25) is 5.91 Å². The minimum Gasteiger partial charge on any atom is -0.383 e. The maximum Gasteiger partial charge on any atom is 0.221 e. The number of halogens is 1. The van der Waals surface area contributed by atoms with E-state index in [2.05, 4.69) is 5.32 Å². The van der Waals surface area contributed by atoms with Gasteiger partial charge in [-0.25, -0.2) is 8.42 Å². The van der Waals surface area contributed by atoms with E-state index in [4.69, 9.17) is 16.3 Å². The molecule has 1 N–H and O–H groups in total. The molecule has 7 heteroatoms. The van der Waals surface area contributed by atoms with Crippen molar-refractivity contribution in [1.82, 2.24) is 5.32 Å². The van der Waals surface area contributed by atoms with Gasteiger partial charge in [-0.05, 0) is 11.6 Å². The number of ether oxygens (including phenoxy) is 1. The number of nitrogens with one attached hydrogen (secondary N) is 1. The molecule has 1 amide bonds. The van der Waals surface area contributed by atoms with E-state index in [0.29, 0.717) is 23.7 Å². The average molecular weight is 320 g/mol. The lowest BCUT2D eigenvalue weighted by molar-refractivity contribution is -0.120. The Balaban J connectivity index is 2.46. The normalized spacial score (nSPS) is 11.3. The first-order valence-electron chi connectivity index (χ1n) is 6.14. The van der Waals surface area contributed by atoms with Crippen molar-refractivity contribution in [3.63, 3.8) is 0 Å². The van der Waals surface area contributed by atoms with Crippen LogP contribution in [0.3, 0.4) is 0 Å². The zero-order chi connectivity index (χ0) is 15.0. The Morgan fingerprint density at radius 3 is 2.70 bits per heavy atom. The molecule has 0 radical (unpaired) electrons. The molecule has 0 spiro atoms. The minimum atomic E-state index is -3.36. The Morgan fingerprint density at radius 2 is 2.05 bits per heavy atom. The molecule has 0 aliphatic heterocycles. The summed E-state index contributed by atoms with van der Waals surface area (Å²) in [6, 6.07) is 6.78. The second-order valence-corrected chi connectivity index (χ2v) is 6.87. The SMILES string of the molecule is COCCNC(=O)CCS(=O)(=O)Cc1ccccc1Cl. The lowest BCUT2D eigenvalue weighted by Crippen LogP contribution is -2.28. The van der Waals surface area contributed by atoms with Gasteiger partial charge in [-0.1, -0.05) is 29.8 Å². The van der Waals surface area contributed by atoms with Crippen molar-refractivity contribution in [3.05, 3.63) is 34.9 Å². The quantitative estimate of drug-likeness (QED) is 0.735. The molecule has 0 atom stereocenters. The fourth-order valence-corrected chi connectivity index (χ4v) is 3.20. The Hall–Kier alpha value is -1.11. The van der Waals surface area contributed by atoms with Crippen molar-refractivity contribution in [2.75, 3.05) is 26.0 Å². The Labute approximate surface area is 124 Å². The molecule has 1 aromatic rings. The lowest BCUT2D eigenvalue weighted by Gasteiger charge is -2.07. The molecule has 0 saturated heterocycles. The highest BCUT2D eigenvalue weighted by atomic mass is 35.5. The number of methoxy groups -OCH3 is 1. The van der Waals surface area contributed by atoms with Gasteiger partial charge < -0.3 is 10.1 Å². The van der Waals surface area contributed by atoms with Gasteiger partial charge in [0.05, 0.1) is 18.1 Å². The molecule has 0 unspecified atom stereocenters. The summed E-state index contributed by atoms with van der Waals surface area (Å²) in [5.74, 6) is -0.653. The number of benzene rings is 1. The molecule has 0 aliphatic rings.